The van der Waals surface area contributed by atoms with Gasteiger partial charge < -0.3 is 16.0 Å². The molecule has 1 aromatic carbocycles. The highest BCUT2D eigenvalue weighted by molar-refractivity contribution is 6.31. The highest BCUT2D eigenvalue weighted by Gasteiger charge is 2.07. The second kappa shape index (κ2) is 6.47. The standard InChI is InChI=1S/C12H18ClN3O/c1-3-15-7-9-4-5-10(6-11(9)13)16(2)8-12(14)17/h4-6,15H,3,7-8H2,1-2H3,(H2,14,17). The van der Waals surface area contributed by atoms with E-state index in [1.807, 2.05) is 25.1 Å². The molecule has 94 valence electrons. The van der Waals surface area contributed by atoms with Gasteiger partial charge in [-0.25, -0.2) is 0 Å². The largest absolute Gasteiger partial charge is 0.368 e. The minimum absolute atomic E-state index is 0.183. The molecule has 0 spiro atoms. The van der Waals surface area contributed by atoms with Crippen molar-refractivity contribution in [2.75, 3.05) is 25.0 Å². The number of hydrogen-bond donors (Lipinski definition) is 2. The molecule has 0 saturated heterocycles. The van der Waals surface area contributed by atoms with Crippen LogP contribution in [-0.4, -0.2) is 26.0 Å². The third-order valence-electron chi connectivity index (χ3n) is 2.44. The first-order chi connectivity index (χ1) is 8.04. The van der Waals surface area contributed by atoms with Crippen LogP contribution in [0.15, 0.2) is 18.2 Å². The van der Waals surface area contributed by atoms with Gasteiger partial charge in [-0.2, -0.15) is 0 Å². The number of nitrogens with one attached hydrogen (secondary N) is 1. The SMILES string of the molecule is CCNCc1ccc(N(C)CC(N)=O)cc1Cl. The zero-order valence-corrected chi connectivity index (χ0v) is 10.9. The molecule has 0 aromatic heterocycles. The lowest BCUT2D eigenvalue weighted by atomic mass is 10.2. The first-order valence-corrected chi connectivity index (χ1v) is 5.91. The fraction of sp³-hybridized carbons (Fsp3) is 0.417. The summed E-state index contributed by atoms with van der Waals surface area (Å²) in [6.45, 7) is 3.88. The smallest absolute Gasteiger partial charge is 0.236 e. The molecule has 0 atom stereocenters. The molecule has 3 N–H and O–H groups in total. The van der Waals surface area contributed by atoms with Crippen molar-refractivity contribution in [3.63, 3.8) is 0 Å². The Balaban J connectivity index is 2.77. The van der Waals surface area contributed by atoms with Gasteiger partial charge in [-0.05, 0) is 24.2 Å². The molecule has 1 aromatic rings. The number of amides is 1. The average molecular weight is 256 g/mol. The van der Waals surface area contributed by atoms with Crippen LogP contribution < -0.4 is 16.0 Å². The van der Waals surface area contributed by atoms with Crippen molar-refractivity contribution in [1.82, 2.24) is 5.32 Å². The van der Waals surface area contributed by atoms with Crippen LogP contribution in [0.5, 0.6) is 0 Å². The molecule has 0 aliphatic rings. The maximum absolute atomic E-state index is 10.8. The van der Waals surface area contributed by atoms with Crippen LogP contribution in [0.3, 0.4) is 0 Å². The van der Waals surface area contributed by atoms with Crippen molar-refractivity contribution in [2.24, 2.45) is 5.73 Å². The van der Waals surface area contributed by atoms with Crippen LogP contribution in [0.25, 0.3) is 0 Å². The summed E-state index contributed by atoms with van der Waals surface area (Å²) in [6, 6.07) is 5.73. The van der Waals surface area contributed by atoms with E-state index >= 15 is 0 Å². The van der Waals surface area contributed by atoms with Crippen LogP contribution in [0, 0.1) is 0 Å². The monoisotopic (exact) mass is 255 g/mol. The van der Waals surface area contributed by atoms with Gasteiger partial charge in [-0.1, -0.05) is 24.6 Å². The van der Waals surface area contributed by atoms with Gasteiger partial charge in [-0.3, -0.25) is 4.79 Å². The molecule has 0 aliphatic heterocycles. The third-order valence-corrected chi connectivity index (χ3v) is 2.79. The fourth-order valence-electron chi connectivity index (χ4n) is 1.50. The number of anilines is 1. The second-order valence-electron chi connectivity index (χ2n) is 3.88. The molecule has 5 heteroatoms. The van der Waals surface area contributed by atoms with Gasteiger partial charge >= 0.3 is 0 Å². The number of carbonyl (C=O) groups is 1. The summed E-state index contributed by atoms with van der Waals surface area (Å²) in [5.74, 6) is -0.361. The van der Waals surface area contributed by atoms with E-state index in [0.29, 0.717) is 5.02 Å². The topological polar surface area (TPSA) is 58.4 Å². The molecule has 0 aliphatic carbocycles. The van der Waals surface area contributed by atoms with Crippen molar-refractivity contribution in [1.29, 1.82) is 0 Å². The molecule has 0 bridgehead atoms. The first-order valence-electron chi connectivity index (χ1n) is 5.53. The molecule has 1 rings (SSSR count). The quantitative estimate of drug-likeness (QED) is 0.807. The Morgan fingerprint density at radius 2 is 2.24 bits per heavy atom. The molecule has 4 nitrogen and oxygen atoms in total. The third kappa shape index (κ3) is 4.24. The van der Waals surface area contributed by atoms with Crippen molar-refractivity contribution in [3.8, 4) is 0 Å². The number of halogens is 1. The Kier molecular flexibility index (Phi) is 5.25. The fourth-order valence-corrected chi connectivity index (χ4v) is 1.74. The molecule has 0 radical (unpaired) electrons. The maximum atomic E-state index is 10.8. The Morgan fingerprint density at radius 3 is 2.76 bits per heavy atom. The Morgan fingerprint density at radius 1 is 1.53 bits per heavy atom. The van der Waals surface area contributed by atoms with E-state index < -0.39 is 0 Å². The lowest BCUT2D eigenvalue weighted by molar-refractivity contribution is -0.116. The van der Waals surface area contributed by atoms with Gasteiger partial charge in [0.1, 0.15) is 0 Å². The summed E-state index contributed by atoms with van der Waals surface area (Å²) in [6.07, 6.45) is 0. The zero-order valence-electron chi connectivity index (χ0n) is 10.2. The molecule has 0 fully saturated rings. The van der Waals surface area contributed by atoms with Gasteiger partial charge in [0.15, 0.2) is 0 Å². The van der Waals surface area contributed by atoms with Crippen LogP contribution >= 0.6 is 11.6 Å². The first kappa shape index (κ1) is 13.8. The van der Waals surface area contributed by atoms with Gasteiger partial charge in [0.25, 0.3) is 0 Å². The molecule has 0 heterocycles. The number of primary amides is 1. The minimum Gasteiger partial charge on any atom is -0.368 e. The number of carbonyl (C=O) groups excluding carboxylic acids is 1. The molecule has 1 amide bonds. The van der Waals surface area contributed by atoms with E-state index in [4.69, 9.17) is 17.3 Å². The van der Waals surface area contributed by atoms with Gasteiger partial charge in [0.2, 0.25) is 5.91 Å². The van der Waals surface area contributed by atoms with Crippen LogP contribution in [-0.2, 0) is 11.3 Å². The predicted molar refractivity (Wildman–Crippen MR) is 71.3 cm³/mol. The Bertz CT molecular complexity index is 395. The van der Waals surface area contributed by atoms with Crippen molar-refractivity contribution in [3.05, 3.63) is 28.8 Å². The average Bonchev–Trinajstić information content (AvgIpc) is 2.26. The number of nitrogens with zero attached hydrogens (tertiary/aromatic N) is 1. The maximum Gasteiger partial charge on any atom is 0.236 e. The van der Waals surface area contributed by atoms with E-state index in [0.717, 1.165) is 24.3 Å². The Hall–Kier alpha value is -1.26. The summed E-state index contributed by atoms with van der Waals surface area (Å²) >= 11 is 6.16. The molecule has 0 saturated carbocycles. The zero-order chi connectivity index (χ0) is 12.8. The molecular weight excluding hydrogens is 238 g/mol. The molecular formula is C12H18ClN3O. The highest BCUT2D eigenvalue weighted by atomic mass is 35.5. The normalized spacial score (nSPS) is 10.3. The van der Waals surface area contributed by atoms with E-state index in [1.54, 1.807) is 11.9 Å². The van der Waals surface area contributed by atoms with E-state index in [2.05, 4.69) is 5.32 Å². The Labute approximate surface area is 107 Å². The minimum atomic E-state index is -0.361. The number of nitrogens with two attached hydrogens (primary N) is 1. The number of benzene rings is 1. The summed E-state index contributed by atoms with van der Waals surface area (Å²) in [4.78, 5) is 12.6. The summed E-state index contributed by atoms with van der Waals surface area (Å²) in [5, 5.41) is 3.91. The predicted octanol–water partition coefficient (Wildman–Crippen LogP) is 1.37. The van der Waals surface area contributed by atoms with Crippen molar-refractivity contribution < 1.29 is 4.79 Å². The number of rotatable bonds is 6. The van der Waals surface area contributed by atoms with Crippen molar-refractivity contribution in [2.45, 2.75) is 13.5 Å². The van der Waals surface area contributed by atoms with E-state index in [9.17, 15) is 4.79 Å². The number of hydrogen-bond acceptors (Lipinski definition) is 3. The highest BCUT2D eigenvalue weighted by Crippen LogP contribution is 2.22. The van der Waals surface area contributed by atoms with Crippen LogP contribution in [0.1, 0.15) is 12.5 Å². The van der Waals surface area contributed by atoms with Crippen LogP contribution in [0.4, 0.5) is 5.69 Å². The molecule has 0 unspecified atom stereocenters. The van der Waals surface area contributed by atoms with E-state index in [-0.39, 0.29) is 12.5 Å². The summed E-state index contributed by atoms with van der Waals surface area (Å²) in [7, 11) is 1.81. The summed E-state index contributed by atoms with van der Waals surface area (Å²) in [5.41, 5.74) is 7.07. The number of likely N-dealkylation sites (N-methyl/N-ethyl adjacent to an activating group) is 1. The second-order valence-corrected chi connectivity index (χ2v) is 4.29. The van der Waals surface area contributed by atoms with Gasteiger partial charge in [0.05, 0.1) is 6.54 Å². The van der Waals surface area contributed by atoms with E-state index in [1.165, 1.54) is 0 Å². The molecule has 17 heavy (non-hydrogen) atoms. The van der Waals surface area contributed by atoms with Gasteiger partial charge in [-0.15, -0.1) is 0 Å². The lowest BCUT2D eigenvalue weighted by Crippen LogP contribution is -2.30. The van der Waals surface area contributed by atoms with Crippen molar-refractivity contribution >= 4 is 23.2 Å². The van der Waals surface area contributed by atoms with Gasteiger partial charge in [0, 0.05) is 24.3 Å². The van der Waals surface area contributed by atoms with Crippen LogP contribution in [0.2, 0.25) is 5.02 Å². The summed E-state index contributed by atoms with van der Waals surface area (Å²) < 4.78 is 0. The lowest BCUT2D eigenvalue weighted by Gasteiger charge is -2.18.